The van der Waals surface area contributed by atoms with Crippen molar-refractivity contribution in [1.82, 2.24) is 0 Å². The van der Waals surface area contributed by atoms with Crippen LogP contribution >= 0.6 is 0 Å². The fourth-order valence-corrected chi connectivity index (χ4v) is 0.947. The summed E-state index contributed by atoms with van der Waals surface area (Å²) in [5.41, 5.74) is 20.2. The number of unbranched alkanes of at least 4 members (excludes halogenated alkanes) is 1. The Balaban J connectivity index is -0.000000296. The fourth-order valence-electron chi connectivity index (χ4n) is 0.947. The monoisotopic (exact) mass is 368 g/mol. The van der Waals surface area contributed by atoms with Gasteiger partial charge in [-0.3, -0.25) is 19.2 Å². The summed E-state index contributed by atoms with van der Waals surface area (Å²) in [7, 11) is 0. The minimum atomic E-state index is -1.08. The number of hydrogen-bond acceptors (Lipinski definition) is 8. The summed E-state index contributed by atoms with van der Waals surface area (Å²) in [5.74, 6) is -4.14. The van der Waals surface area contributed by atoms with Crippen molar-refractivity contribution in [2.75, 3.05) is 13.1 Å². The molecule has 0 aliphatic rings. The van der Waals surface area contributed by atoms with Crippen LogP contribution in [0.3, 0.4) is 0 Å². The van der Waals surface area contributed by atoms with E-state index in [9.17, 15) is 19.2 Å². The van der Waals surface area contributed by atoms with Crippen LogP contribution in [0.15, 0.2) is 0 Å². The Morgan fingerprint density at radius 1 is 0.720 bits per heavy atom. The van der Waals surface area contributed by atoms with Gasteiger partial charge in [-0.2, -0.15) is 0 Å². The number of carboxylic acids is 4. The molecule has 0 saturated heterocycles. The van der Waals surface area contributed by atoms with Crippen LogP contribution in [-0.2, 0) is 19.2 Å². The van der Waals surface area contributed by atoms with Crippen molar-refractivity contribution in [2.24, 2.45) is 22.9 Å². The van der Waals surface area contributed by atoms with Gasteiger partial charge in [0.2, 0.25) is 0 Å². The maximum atomic E-state index is 10.1. The zero-order chi connectivity index (χ0) is 20.4. The Kier molecular flexibility index (Phi) is 19.9. The molecule has 0 aromatic rings. The molecule has 12 heteroatoms. The molecule has 12 nitrogen and oxygen atoms in total. The second-order valence-corrected chi connectivity index (χ2v) is 4.70. The molecular formula is C13H28N4O8. The van der Waals surface area contributed by atoms with Crippen molar-refractivity contribution in [2.45, 2.75) is 44.2 Å². The summed E-state index contributed by atoms with van der Waals surface area (Å²) in [6, 6.07) is -1.62. The van der Waals surface area contributed by atoms with Crippen molar-refractivity contribution >= 4 is 23.9 Å². The minimum absolute atomic E-state index is 0.00463. The van der Waals surface area contributed by atoms with Gasteiger partial charge in [-0.1, -0.05) is 6.42 Å². The molecule has 0 fully saturated rings. The Morgan fingerprint density at radius 3 is 1.32 bits per heavy atom. The standard InChI is InChI=1S/C6H14N2O2.C4H6O4.C3H8N2O2/c7-4-2-1-3-5(8)6(9)10;5-3(6)1-2-4(7)8;4-1-2(5)3(6)7/h5H,1-4,7-8H2,(H,9,10);1-2H2,(H,5,6)(H,7,8);2H,1,4-5H2,(H,6,7)/t5-;;/m0../s1. The molecule has 0 aromatic carbocycles. The third-order valence-electron chi connectivity index (χ3n) is 2.41. The lowest BCUT2D eigenvalue weighted by molar-refractivity contribution is -0.143. The number of nitrogens with two attached hydrogens (primary N) is 4. The first-order valence-electron chi connectivity index (χ1n) is 7.30. The third kappa shape index (κ3) is 26.9. The highest BCUT2D eigenvalue weighted by molar-refractivity contribution is 5.75. The summed E-state index contributed by atoms with van der Waals surface area (Å²) in [5, 5.41) is 32.1. The molecule has 0 heterocycles. The van der Waals surface area contributed by atoms with Crippen LogP contribution in [0.2, 0.25) is 0 Å². The number of carbonyl (C=O) groups is 4. The van der Waals surface area contributed by atoms with Crippen LogP contribution in [0.25, 0.3) is 0 Å². The van der Waals surface area contributed by atoms with Gasteiger partial charge in [0.15, 0.2) is 0 Å². The molecular weight excluding hydrogens is 340 g/mol. The predicted octanol–water partition coefficient (Wildman–Crippen LogP) is -2.18. The molecule has 0 saturated carbocycles. The average Bonchev–Trinajstić information content (AvgIpc) is 2.53. The first-order chi connectivity index (χ1) is 11.5. The molecule has 0 aliphatic heterocycles. The molecule has 2 atom stereocenters. The van der Waals surface area contributed by atoms with E-state index in [1.807, 2.05) is 0 Å². The summed E-state index contributed by atoms with van der Waals surface area (Å²) in [4.78, 5) is 39.1. The van der Waals surface area contributed by atoms with Crippen LogP contribution < -0.4 is 22.9 Å². The molecule has 148 valence electrons. The van der Waals surface area contributed by atoms with Crippen molar-refractivity contribution in [1.29, 1.82) is 0 Å². The van der Waals surface area contributed by atoms with Crippen molar-refractivity contribution in [3.63, 3.8) is 0 Å². The first kappa shape index (κ1) is 27.6. The average molecular weight is 368 g/mol. The predicted molar refractivity (Wildman–Crippen MR) is 87.7 cm³/mol. The zero-order valence-electron chi connectivity index (χ0n) is 13.8. The molecule has 0 spiro atoms. The SMILES string of the molecule is NCC(N)C(=O)O.NCCCC[C@H](N)C(=O)O.O=C(O)CCC(=O)O. The highest BCUT2D eigenvalue weighted by Gasteiger charge is 2.09. The molecule has 0 bridgehead atoms. The molecule has 1 unspecified atom stereocenters. The van der Waals surface area contributed by atoms with E-state index in [0.717, 1.165) is 12.8 Å². The van der Waals surface area contributed by atoms with E-state index in [1.54, 1.807) is 0 Å². The summed E-state index contributed by atoms with van der Waals surface area (Å²) < 4.78 is 0. The highest BCUT2D eigenvalue weighted by atomic mass is 16.4. The second kappa shape index (κ2) is 18.1. The van der Waals surface area contributed by atoms with Crippen molar-refractivity contribution in [3.05, 3.63) is 0 Å². The van der Waals surface area contributed by atoms with Gasteiger partial charge < -0.3 is 43.4 Å². The highest BCUT2D eigenvalue weighted by Crippen LogP contribution is 1.96. The van der Waals surface area contributed by atoms with E-state index >= 15 is 0 Å². The Morgan fingerprint density at radius 2 is 1.12 bits per heavy atom. The van der Waals surface area contributed by atoms with E-state index in [4.69, 9.17) is 43.4 Å². The van der Waals surface area contributed by atoms with E-state index in [0.29, 0.717) is 13.0 Å². The van der Waals surface area contributed by atoms with Gasteiger partial charge in [0.1, 0.15) is 12.1 Å². The molecule has 0 amide bonds. The largest absolute Gasteiger partial charge is 0.481 e. The Hall–Kier alpha value is -2.28. The van der Waals surface area contributed by atoms with Gasteiger partial charge in [0.25, 0.3) is 0 Å². The molecule has 0 radical (unpaired) electrons. The van der Waals surface area contributed by atoms with Crippen LogP contribution in [0.1, 0.15) is 32.1 Å². The van der Waals surface area contributed by atoms with Gasteiger partial charge in [0.05, 0.1) is 12.8 Å². The minimum Gasteiger partial charge on any atom is -0.481 e. The summed E-state index contributed by atoms with van der Waals surface area (Å²) >= 11 is 0. The van der Waals surface area contributed by atoms with Crippen LogP contribution in [0.5, 0.6) is 0 Å². The fraction of sp³-hybridized carbons (Fsp3) is 0.692. The van der Waals surface area contributed by atoms with Gasteiger partial charge in [-0.15, -0.1) is 0 Å². The van der Waals surface area contributed by atoms with Gasteiger partial charge >= 0.3 is 23.9 Å². The number of carboxylic acid groups (broad SMARTS) is 4. The summed E-state index contributed by atoms with van der Waals surface area (Å²) in [6.45, 7) is 0.599. The Bertz CT molecular complexity index is 391. The lowest BCUT2D eigenvalue weighted by Crippen LogP contribution is -2.37. The molecule has 0 aromatic heterocycles. The molecule has 25 heavy (non-hydrogen) atoms. The van der Waals surface area contributed by atoms with E-state index in [2.05, 4.69) is 0 Å². The van der Waals surface area contributed by atoms with E-state index in [-0.39, 0.29) is 19.4 Å². The molecule has 0 aliphatic carbocycles. The van der Waals surface area contributed by atoms with Crippen molar-refractivity contribution < 1.29 is 39.6 Å². The summed E-state index contributed by atoms with van der Waals surface area (Å²) in [6.07, 6.45) is 1.57. The maximum Gasteiger partial charge on any atom is 0.321 e. The van der Waals surface area contributed by atoms with E-state index < -0.39 is 36.0 Å². The maximum absolute atomic E-state index is 10.1. The van der Waals surface area contributed by atoms with Crippen LogP contribution in [0, 0.1) is 0 Å². The van der Waals surface area contributed by atoms with Gasteiger partial charge in [0, 0.05) is 6.54 Å². The number of hydrogen-bond donors (Lipinski definition) is 8. The lowest BCUT2D eigenvalue weighted by Gasteiger charge is -2.03. The molecule has 0 rings (SSSR count). The third-order valence-corrected chi connectivity index (χ3v) is 2.41. The second-order valence-electron chi connectivity index (χ2n) is 4.70. The van der Waals surface area contributed by atoms with E-state index in [1.165, 1.54) is 0 Å². The molecule has 12 N–H and O–H groups in total. The first-order valence-corrected chi connectivity index (χ1v) is 7.30. The quantitative estimate of drug-likeness (QED) is 0.191. The topological polar surface area (TPSA) is 253 Å². The number of rotatable bonds is 10. The number of aliphatic carboxylic acids is 4. The Labute approximate surface area is 144 Å². The lowest BCUT2D eigenvalue weighted by atomic mass is 10.1. The van der Waals surface area contributed by atoms with Gasteiger partial charge in [-0.05, 0) is 19.4 Å². The van der Waals surface area contributed by atoms with Gasteiger partial charge in [-0.25, -0.2) is 0 Å². The van der Waals surface area contributed by atoms with Crippen LogP contribution in [-0.4, -0.2) is 69.5 Å². The normalized spacial score (nSPS) is 11.7. The zero-order valence-corrected chi connectivity index (χ0v) is 13.8. The smallest absolute Gasteiger partial charge is 0.321 e. The van der Waals surface area contributed by atoms with Crippen molar-refractivity contribution in [3.8, 4) is 0 Å². The van der Waals surface area contributed by atoms with Crippen LogP contribution in [0.4, 0.5) is 0 Å².